The molecule has 7 rings (SSSR count). The molecule has 0 radical (unpaired) electrons. The van der Waals surface area contributed by atoms with Gasteiger partial charge >= 0.3 is 0 Å². The van der Waals surface area contributed by atoms with Crippen molar-refractivity contribution >= 4 is 41.0 Å². The summed E-state index contributed by atoms with van der Waals surface area (Å²) < 4.78 is 0. The minimum Gasteiger partial charge on any atom is -0.397 e. The van der Waals surface area contributed by atoms with Crippen molar-refractivity contribution in [3.05, 3.63) is 41.5 Å². The first-order valence-electron chi connectivity index (χ1n) is 16.4. The topological polar surface area (TPSA) is 90.1 Å². The van der Waals surface area contributed by atoms with Crippen LogP contribution in [0.2, 0.25) is 0 Å². The van der Waals surface area contributed by atoms with Crippen LogP contribution in [0.5, 0.6) is 0 Å². The van der Waals surface area contributed by atoms with Crippen molar-refractivity contribution < 1.29 is 14.7 Å². The lowest BCUT2D eigenvalue weighted by Crippen LogP contribution is -2.58. The molecule has 0 spiro atoms. The molecule has 6 aliphatic rings. The van der Waals surface area contributed by atoms with Crippen LogP contribution in [0.25, 0.3) is 0 Å². The quantitative estimate of drug-likeness (QED) is 0.352. The molecule has 7 nitrogen and oxygen atoms in total. The van der Waals surface area contributed by atoms with Gasteiger partial charge in [-0.05, 0) is 87.5 Å². The van der Waals surface area contributed by atoms with Crippen LogP contribution >= 0.6 is 12.4 Å². The second kappa shape index (κ2) is 11.2. The molecule has 8 heteroatoms. The maximum absolute atomic E-state index is 14.0. The van der Waals surface area contributed by atoms with E-state index >= 15 is 0 Å². The molecule has 2 saturated carbocycles. The summed E-state index contributed by atoms with van der Waals surface area (Å²) in [4.78, 5) is 33.2. The van der Waals surface area contributed by atoms with Crippen LogP contribution in [0.3, 0.4) is 0 Å². The molecule has 0 amide bonds. The molecule has 43 heavy (non-hydrogen) atoms. The molecule has 2 saturated heterocycles. The molecule has 234 valence electrons. The van der Waals surface area contributed by atoms with Gasteiger partial charge in [0.25, 0.3) is 0 Å². The van der Waals surface area contributed by atoms with E-state index in [1.807, 2.05) is 12.1 Å². The molecule has 2 aliphatic heterocycles. The van der Waals surface area contributed by atoms with Crippen molar-refractivity contribution in [2.45, 2.75) is 77.2 Å². The molecule has 5 atom stereocenters. The number of carbonyl (C=O) groups excluding carboxylic acids is 2. The van der Waals surface area contributed by atoms with Gasteiger partial charge in [0, 0.05) is 62.2 Å². The third kappa shape index (κ3) is 4.85. The number of hydrogen-bond acceptors (Lipinski definition) is 7. The van der Waals surface area contributed by atoms with E-state index in [0.717, 1.165) is 82.7 Å². The predicted octanol–water partition coefficient (Wildman–Crippen LogP) is 5.17. The number of nitrogen functional groups attached to an aromatic ring is 1. The largest absolute Gasteiger partial charge is 0.397 e. The summed E-state index contributed by atoms with van der Waals surface area (Å²) in [5.74, 6) is 0.971. The molecule has 0 unspecified atom stereocenters. The third-order valence-electron chi connectivity index (χ3n) is 12.5. The molecule has 1 aromatic carbocycles. The Morgan fingerprint density at radius 3 is 2.49 bits per heavy atom. The fraction of sp³-hybridized carbons (Fsp3) is 0.657. The highest BCUT2D eigenvalue weighted by atomic mass is 35.5. The molecular formula is C35H49ClN4O3. The Morgan fingerprint density at radius 1 is 1.00 bits per heavy atom. The van der Waals surface area contributed by atoms with E-state index in [1.165, 1.54) is 29.7 Å². The number of hydrogen-bond donors (Lipinski definition) is 2. The molecule has 4 fully saturated rings. The average molecular weight is 609 g/mol. The molecule has 0 bridgehead atoms. The number of nitrogens with zero attached hydrogens (tertiary/aromatic N) is 3. The Balaban J connectivity index is 0.00000329. The van der Waals surface area contributed by atoms with Crippen molar-refractivity contribution in [3.8, 4) is 0 Å². The Morgan fingerprint density at radius 2 is 1.74 bits per heavy atom. The maximum atomic E-state index is 14.0. The van der Waals surface area contributed by atoms with Gasteiger partial charge in [0.05, 0.1) is 17.9 Å². The molecule has 3 N–H and O–H groups in total. The highest BCUT2D eigenvalue weighted by Gasteiger charge is 2.64. The van der Waals surface area contributed by atoms with Gasteiger partial charge in [0.15, 0.2) is 11.6 Å². The van der Waals surface area contributed by atoms with E-state index < -0.39 is 11.0 Å². The second-order valence-corrected chi connectivity index (χ2v) is 14.5. The second-order valence-electron chi connectivity index (χ2n) is 14.5. The maximum Gasteiger partial charge on any atom is 0.178 e. The van der Waals surface area contributed by atoms with Gasteiger partial charge in [0.2, 0.25) is 0 Å². The standard InChI is InChI=1S/C35H48N4O3.ClH/c1-33-12-9-26(40)21-24(33)5-7-27-28(33)10-13-34(2)29(27)11-14-35(34,42)32(41)23-37-17-19-39(20-18-37)31-22-25(6-8-30(31)36)38-15-3-4-16-38;/h6,8,10,21-22,27,29,42H,3-5,7,9,11-20,23,36H2,1-2H3;1H/t27-,29+,33+,34+,35+;/m1./s1. The van der Waals surface area contributed by atoms with Gasteiger partial charge < -0.3 is 20.6 Å². The van der Waals surface area contributed by atoms with Crippen LogP contribution in [0, 0.1) is 22.7 Å². The fourth-order valence-electron chi connectivity index (χ4n) is 9.79. The smallest absolute Gasteiger partial charge is 0.178 e. The van der Waals surface area contributed by atoms with Crippen LogP contribution < -0.4 is 15.5 Å². The summed E-state index contributed by atoms with van der Waals surface area (Å²) in [6.07, 6.45) is 12.5. The summed E-state index contributed by atoms with van der Waals surface area (Å²) in [5, 5.41) is 12.2. The molecular weight excluding hydrogens is 560 g/mol. The van der Waals surface area contributed by atoms with Crippen LogP contribution in [0.15, 0.2) is 41.5 Å². The molecule has 2 heterocycles. The number of piperazine rings is 1. The van der Waals surface area contributed by atoms with E-state index in [9.17, 15) is 14.7 Å². The van der Waals surface area contributed by atoms with E-state index in [-0.39, 0.29) is 29.4 Å². The van der Waals surface area contributed by atoms with E-state index in [2.05, 4.69) is 46.8 Å². The van der Waals surface area contributed by atoms with E-state index in [4.69, 9.17) is 5.73 Å². The van der Waals surface area contributed by atoms with Gasteiger partial charge in [0.1, 0.15) is 5.60 Å². The monoisotopic (exact) mass is 608 g/mol. The fourth-order valence-corrected chi connectivity index (χ4v) is 9.79. The number of allylic oxidation sites excluding steroid dienone is 4. The number of fused-ring (bicyclic) bond motifs is 5. The Labute approximate surface area is 262 Å². The summed E-state index contributed by atoms with van der Waals surface area (Å²) >= 11 is 0. The Bertz CT molecular complexity index is 1350. The lowest BCUT2D eigenvalue weighted by atomic mass is 9.50. The highest BCUT2D eigenvalue weighted by Crippen LogP contribution is 2.65. The predicted molar refractivity (Wildman–Crippen MR) is 175 cm³/mol. The number of anilines is 3. The number of nitrogens with two attached hydrogens (primary N) is 1. The number of aliphatic hydroxyl groups is 1. The van der Waals surface area contributed by atoms with Crippen molar-refractivity contribution in [1.29, 1.82) is 0 Å². The number of benzene rings is 1. The van der Waals surface area contributed by atoms with Crippen LogP contribution in [-0.4, -0.2) is 73.0 Å². The van der Waals surface area contributed by atoms with Crippen molar-refractivity contribution in [1.82, 2.24) is 4.90 Å². The number of Topliss-reactive ketones (excluding diaryl/α,β-unsaturated/α-hetero) is 1. The van der Waals surface area contributed by atoms with Crippen LogP contribution in [-0.2, 0) is 9.59 Å². The zero-order valence-corrected chi connectivity index (χ0v) is 26.8. The summed E-state index contributed by atoms with van der Waals surface area (Å²) in [5.41, 5.74) is 10.6. The normalized spacial score (nSPS) is 35.8. The number of halogens is 1. The Hall–Kier alpha value is -2.35. The van der Waals surface area contributed by atoms with E-state index in [0.29, 0.717) is 31.2 Å². The SMILES string of the molecule is C[C@]12CCC(=O)C=C1CC[C@@H]1C2=CC[C@@]2(C)[C@H]1CC[C@]2(O)C(=O)CN1CCN(c2cc(N3CCCC3)ccc2N)CC1.Cl. The highest BCUT2D eigenvalue weighted by molar-refractivity contribution is 5.92. The lowest BCUT2D eigenvalue weighted by molar-refractivity contribution is -0.154. The zero-order chi connectivity index (χ0) is 29.3. The first-order valence-corrected chi connectivity index (χ1v) is 16.4. The van der Waals surface area contributed by atoms with Gasteiger partial charge in [-0.25, -0.2) is 0 Å². The molecule has 1 aromatic rings. The Kier molecular flexibility index (Phi) is 8.00. The van der Waals surface area contributed by atoms with Gasteiger partial charge in [-0.3, -0.25) is 14.5 Å². The molecule has 4 aliphatic carbocycles. The average Bonchev–Trinajstić information content (AvgIpc) is 3.61. The van der Waals surface area contributed by atoms with Crippen LogP contribution in [0.4, 0.5) is 17.1 Å². The summed E-state index contributed by atoms with van der Waals surface area (Å²) in [6.45, 7) is 10.3. The van der Waals surface area contributed by atoms with E-state index in [1.54, 1.807) is 0 Å². The summed E-state index contributed by atoms with van der Waals surface area (Å²) in [6, 6.07) is 6.41. The first kappa shape index (κ1) is 30.7. The number of rotatable bonds is 5. The van der Waals surface area contributed by atoms with Gasteiger partial charge in [-0.1, -0.05) is 31.1 Å². The number of carbonyl (C=O) groups is 2. The zero-order valence-electron chi connectivity index (χ0n) is 25.9. The lowest BCUT2D eigenvalue weighted by Gasteiger charge is -2.54. The van der Waals surface area contributed by atoms with Crippen molar-refractivity contribution in [3.63, 3.8) is 0 Å². The minimum atomic E-state index is -1.29. The first-order chi connectivity index (χ1) is 20.1. The summed E-state index contributed by atoms with van der Waals surface area (Å²) in [7, 11) is 0. The van der Waals surface area contributed by atoms with Gasteiger partial charge in [-0.2, -0.15) is 0 Å². The third-order valence-corrected chi connectivity index (χ3v) is 12.5. The molecule has 0 aromatic heterocycles. The van der Waals surface area contributed by atoms with Crippen LogP contribution in [0.1, 0.15) is 71.6 Å². The van der Waals surface area contributed by atoms with Crippen molar-refractivity contribution in [2.24, 2.45) is 22.7 Å². The number of ketones is 2. The van der Waals surface area contributed by atoms with Crippen molar-refractivity contribution in [2.75, 3.05) is 61.3 Å². The van der Waals surface area contributed by atoms with Gasteiger partial charge in [-0.15, -0.1) is 12.4 Å². The minimum absolute atomic E-state index is 0.